The van der Waals surface area contributed by atoms with Crippen LogP contribution in [0.5, 0.6) is 5.75 Å². The topological polar surface area (TPSA) is 64.3 Å². The van der Waals surface area contributed by atoms with Gasteiger partial charge in [0.05, 0.1) is 18.3 Å². The summed E-state index contributed by atoms with van der Waals surface area (Å²) in [6, 6.07) is 4.55. The molecule has 17 heavy (non-hydrogen) atoms. The molecule has 94 valence electrons. The van der Waals surface area contributed by atoms with Crippen LogP contribution in [0.4, 0.5) is 5.69 Å². The summed E-state index contributed by atoms with van der Waals surface area (Å²) in [6.45, 7) is 4.24. The normalized spacial score (nSPS) is 12.0. The maximum atomic E-state index is 11.7. The van der Waals surface area contributed by atoms with Gasteiger partial charge < -0.3 is 15.8 Å². The predicted molar refractivity (Wildman–Crippen MR) is 69.5 cm³/mol. The van der Waals surface area contributed by atoms with E-state index in [-0.39, 0.29) is 5.91 Å². The van der Waals surface area contributed by atoms with Gasteiger partial charge in [-0.1, -0.05) is 18.5 Å². The molecule has 0 saturated carbocycles. The second kappa shape index (κ2) is 6.47. The summed E-state index contributed by atoms with van der Waals surface area (Å²) in [7, 11) is 0. The van der Waals surface area contributed by atoms with E-state index in [4.69, 9.17) is 22.1 Å². The molecule has 0 bridgehead atoms. The third-order valence-corrected chi connectivity index (χ3v) is 2.51. The van der Waals surface area contributed by atoms with E-state index in [0.717, 1.165) is 0 Å². The van der Waals surface area contributed by atoms with Crippen LogP contribution in [0, 0.1) is 0 Å². The van der Waals surface area contributed by atoms with Crippen molar-refractivity contribution in [2.45, 2.75) is 26.3 Å². The molecule has 0 aromatic heterocycles. The minimum Gasteiger partial charge on any atom is -0.492 e. The molecule has 0 aliphatic heterocycles. The maximum Gasteiger partial charge on any atom is 0.241 e. The second-order valence-electron chi connectivity index (χ2n) is 3.58. The van der Waals surface area contributed by atoms with Crippen molar-refractivity contribution in [3.05, 3.63) is 23.2 Å². The van der Waals surface area contributed by atoms with Crippen molar-refractivity contribution in [1.82, 2.24) is 0 Å². The third kappa shape index (κ3) is 3.91. The Morgan fingerprint density at radius 1 is 1.53 bits per heavy atom. The molecule has 0 aliphatic carbocycles. The predicted octanol–water partition coefficient (Wildman–Crippen LogP) is 2.41. The molecule has 1 atom stereocenters. The first kappa shape index (κ1) is 13.8. The van der Waals surface area contributed by atoms with Gasteiger partial charge in [-0.15, -0.1) is 0 Å². The molecule has 1 unspecified atom stereocenters. The zero-order valence-electron chi connectivity index (χ0n) is 10.00. The SMILES string of the molecule is CCOc1ccc(Cl)cc1NC(=O)C(N)CC. The minimum absolute atomic E-state index is 0.240. The van der Waals surface area contributed by atoms with Crippen molar-refractivity contribution >= 4 is 23.2 Å². The number of hydrogen-bond donors (Lipinski definition) is 2. The lowest BCUT2D eigenvalue weighted by Crippen LogP contribution is -2.34. The molecule has 5 heteroatoms. The summed E-state index contributed by atoms with van der Waals surface area (Å²) in [4.78, 5) is 11.7. The Hall–Kier alpha value is -1.26. The van der Waals surface area contributed by atoms with Gasteiger partial charge in [-0.25, -0.2) is 0 Å². The van der Waals surface area contributed by atoms with Gasteiger partial charge in [0.15, 0.2) is 0 Å². The summed E-state index contributed by atoms with van der Waals surface area (Å²) in [5, 5.41) is 3.25. The van der Waals surface area contributed by atoms with E-state index in [1.54, 1.807) is 18.2 Å². The number of hydrogen-bond acceptors (Lipinski definition) is 3. The van der Waals surface area contributed by atoms with Gasteiger partial charge >= 0.3 is 0 Å². The fraction of sp³-hybridized carbons (Fsp3) is 0.417. The van der Waals surface area contributed by atoms with E-state index in [1.165, 1.54) is 0 Å². The van der Waals surface area contributed by atoms with Crippen LogP contribution in [-0.2, 0) is 4.79 Å². The third-order valence-electron chi connectivity index (χ3n) is 2.28. The highest BCUT2D eigenvalue weighted by atomic mass is 35.5. The smallest absolute Gasteiger partial charge is 0.241 e. The van der Waals surface area contributed by atoms with Gasteiger partial charge in [0.1, 0.15) is 5.75 Å². The second-order valence-corrected chi connectivity index (χ2v) is 4.01. The van der Waals surface area contributed by atoms with Crippen molar-refractivity contribution in [1.29, 1.82) is 0 Å². The first-order valence-electron chi connectivity index (χ1n) is 5.57. The Kier molecular flexibility index (Phi) is 5.25. The Morgan fingerprint density at radius 3 is 2.82 bits per heavy atom. The fourth-order valence-electron chi connectivity index (χ4n) is 1.29. The molecule has 3 N–H and O–H groups in total. The summed E-state index contributed by atoms with van der Waals surface area (Å²) in [6.07, 6.45) is 0.580. The van der Waals surface area contributed by atoms with Gasteiger partial charge in [-0.2, -0.15) is 0 Å². The quantitative estimate of drug-likeness (QED) is 0.850. The van der Waals surface area contributed by atoms with Crippen molar-refractivity contribution in [3.8, 4) is 5.75 Å². The first-order chi connectivity index (χ1) is 8.08. The van der Waals surface area contributed by atoms with Crippen LogP contribution < -0.4 is 15.8 Å². The molecule has 0 heterocycles. The van der Waals surface area contributed by atoms with Crippen LogP contribution in [0.15, 0.2) is 18.2 Å². The van der Waals surface area contributed by atoms with Gasteiger partial charge in [0.2, 0.25) is 5.91 Å². The Balaban J connectivity index is 2.87. The average Bonchev–Trinajstić information content (AvgIpc) is 2.31. The minimum atomic E-state index is -0.525. The zero-order chi connectivity index (χ0) is 12.8. The van der Waals surface area contributed by atoms with Crippen molar-refractivity contribution in [3.63, 3.8) is 0 Å². The van der Waals surface area contributed by atoms with Crippen LogP contribution in [-0.4, -0.2) is 18.6 Å². The maximum absolute atomic E-state index is 11.7. The van der Waals surface area contributed by atoms with Crippen LogP contribution in [0.1, 0.15) is 20.3 Å². The molecular weight excluding hydrogens is 240 g/mol. The average molecular weight is 257 g/mol. The monoisotopic (exact) mass is 256 g/mol. The summed E-state index contributed by atoms with van der Waals surface area (Å²) >= 11 is 5.88. The molecule has 0 fully saturated rings. The van der Waals surface area contributed by atoms with E-state index in [1.807, 2.05) is 13.8 Å². The van der Waals surface area contributed by atoms with Gasteiger partial charge in [-0.3, -0.25) is 4.79 Å². The zero-order valence-corrected chi connectivity index (χ0v) is 10.8. The number of amides is 1. The number of nitrogens with two attached hydrogens (primary N) is 1. The van der Waals surface area contributed by atoms with Crippen LogP contribution in [0.2, 0.25) is 5.02 Å². The molecule has 0 radical (unpaired) electrons. The van der Waals surface area contributed by atoms with E-state index in [2.05, 4.69) is 5.32 Å². The molecular formula is C12H17ClN2O2. The highest BCUT2D eigenvalue weighted by molar-refractivity contribution is 6.31. The highest BCUT2D eigenvalue weighted by Crippen LogP contribution is 2.28. The van der Waals surface area contributed by atoms with Crippen molar-refractivity contribution in [2.75, 3.05) is 11.9 Å². The lowest BCUT2D eigenvalue weighted by molar-refractivity contribution is -0.117. The molecule has 0 aliphatic rings. The lowest BCUT2D eigenvalue weighted by atomic mass is 10.2. The first-order valence-corrected chi connectivity index (χ1v) is 5.95. The van der Waals surface area contributed by atoms with Crippen molar-refractivity contribution in [2.24, 2.45) is 5.73 Å². The number of carbonyl (C=O) groups is 1. The Morgan fingerprint density at radius 2 is 2.24 bits per heavy atom. The summed E-state index contributed by atoms with van der Waals surface area (Å²) in [5.74, 6) is 0.351. The summed E-state index contributed by atoms with van der Waals surface area (Å²) in [5.41, 5.74) is 6.19. The molecule has 1 aromatic rings. The van der Waals surface area contributed by atoms with Crippen LogP contribution >= 0.6 is 11.6 Å². The van der Waals surface area contributed by atoms with Crippen molar-refractivity contribution < 1.29 is 9.53 Å². The number of rotatable bonds is 5. The summed E-state index contributed by atoms with van der Waals surface area (Å²) < 4.78 is 5.39. The van der Waals surface area contributed by atoms with Crippen LogP contribution in [0.3, 0.4) is 0 Å². The van der Waals surface area contributed by atoms with Gasteiger partial charge in [-0.05, 0) is 31.5 Å². The molecule has 1 rings (SSSR count). The van der Waals surface area contributed by atoms with E-state index >= 15 is 0 Å². The number of benzene rings is 1. The Bertz CT molecular complexity index is 396. The standard InChI is InChI=1S/C12H17ClN2O2/c1-3-9(14)12(16)15-10-7-8(13)5-6-11(10)17-4-2/h5-7,9H,3-4,14H2,1-2H3,(H,15,16). The number of ether oxygens (including phenoxy) is 1. The molecule has 0 spiro atoms. The highest BCUT2D eigenvalue weighted by Gasteiger charge is 2.13. The number of nitrogens with one attached hydrogen (secondary N) is 1. The number of anilines is 1. The molecule has 4 nitrogen and oxygen atoms in total. The largest absolute Gasteiger partial charge is 0.492 e. The fourth-order valence-corrected chi connectivity index (χ4v) is 1.46. The molecule has 0 saturated heterocycles. The van der Waals surface area contributed by atoms with E-state index in [9.17, 15) is 4.79 Å². The van der Waals surface area contributed by atoms with Gasteiger partial charge in [0.25, 0.3) is 0 Å². The lowest BCUT2D eigenvalue weighted by Gasteiger charge is -2.14. The molecule has 1 amide bonds. The molecule has 1 aromatic carbocycles. The number of halogens is 1. The number of carbonyl (C=O) groups excluding carboxylic acids is 1. The Labute approximate surface area is 106 Å². The van der Waals surface area contributed by atoms with E-state index in [0.29, 0.717) is 29.5 Å². The van der Waals surface area contributed by atoms with Gasteiger partial charge in [0, 0.05) is 5.02 Å². The van der Waals surface area contributed by atoms with Crippen LogP contribution in [0.25, 0.3) is 0 Å². The van der Waals surface area contributed by atoms with E-state index < -0.39 is 6.04 Å².